The predicted molar refractivity (Wildman–Crippen MR) is 70.2 cm³/mol. The maximum absolute atomic E-state index is 5.29. The maximum atomic E-state index is 5.29. The molecule has 0 aromatic heterocycles. The lowest BCUT2D eigenvalue weighted by molar-refractivity contribution is 0.441. The largest absolute Gasteiger partial charge is 0.313 e. The minimum Gasteiger partial charge on any atom is -0.313 e. The lowest BCUT2D eigenvalue weighted by Crippen LogP contribution is -2.39. The Kier molecular flexibility index (Phi) is 6.96. The van der Waals surface area contributed by atoms with Gasteiger partial charge >= 0.3 is 0 Å². The minimum atomic E-state index is 0.689. The van der Waals surface area contributed by atoms with Gasteiger partial charge in [-0.15, -0.1) is 12.3 Å². The molecule has 1 nitrogen and oxygen atoms in total. The molecule has 1 aliphatic heterocycles. The summed E-state index contributed by atoms with van der Waals surface area (Å²) in [7, 11) is 0. The van der Waals surface area contributed by atoms with Crippen LogP contribution in [0.3, 0.4) is 0 Å². The van der Waals surface area contributed by atoms with E-state index in [9.17, 15) is 0 Å². The molecule has 0 radical (unpaired) electrons. The van der Waals surface area contributed by atoms with Gasteiger partial charge in [-0.25, -0.2) is 0 Å². The smallest absolute Gasteiger partial charge is 0.0201 e. The first kappa shape index (κ1) is 12.9. The Morgan fingerprint density at radius 2 is 2.40 bits per heavy atom. The van der Waals surface area contributed by atoms with Crippen LogP contribution in [0.25, 0.3) is 0 Å². The van der Waals surface area contributed by atoms with Crippen molar-refractivity contribution in [2.45, 2.75) is 56.7 Å². The summed E-state index contributed by atoms with van der Waals surface area (Å²) in [6.07, 6.45) is 12.8. The summed E-state index contributed by atoms with van der Waals surface area (Å²) in [5.74, 6) is 4.08. The van der Waals surface area contributed by atoms with Crippen molar-refractivity contribution in [2.75, 3.05) is 12.3 Å². The van der Waals surface area contributed by atoms with Gasteiger partial charge in [-0.2, -0.15) is 11.8 Å². The Bertz CT molecular complexity index is 191. The van der Waals surface area contributed by atoms with E-state index < -0.39 is 0 Å². The van der Waals surface area contributed by atoms with Gasteiger partial charge in [-0.3, -0.25) is 0 Å². The summed E-state index contributed by atoms with van der Waals surface area (Å²) in [5, 5.41) is 4.45. The molecule has 1 N–H and O–H groups in total. The molecule has 1 fully saturated rings. The van der Waals surface area contributed by atoms with Gasteiger partial charge in [0.05, 0.1) is 0 Å². The minimum absolute atomic E-state index is 0.689. The van der Waals surface area contributed by atoms with E-state index in [1.165, 1.54) is 37.9 Å². The van der Waals surface area contributed by atoms with Crippen molar-refractivity contribution >= 4 is 11.8 Å². The SMILES string of the molecule is C#CCCCC(NCC)C1CCCCS1. The van der Waals surface area contributed by atoms with Crippen LogP contribution >= 0.6 is 11.8 Å². The molecular formula is C13H23NS. The number of rotatable bonds is 6. The highest BCUT2D eigenvalue weighted by Crippen LogP contribution is 2.29. The van der Waals surface area contributed by atoms with E-state index in [1.54, 1.807) is 0 Å². The number of unbranched alkanes of at least 4 members (excludes halogenated alkanes) is 1. The summed E-state index contributed by atoms with van der Waals surface area (Å²) in [4.78, 5) is 0. The zero-order valence-electron chi connectivity index (χ0n) is 9.80. The van der Waals surface area contributed by atoms with Crippen LogP contribution < -0.4 is 5.32 Å². The second-order valence-corrected chi connectivity index (χ2v) is 5.51. The van der Waals surface area contributed by atoms with E-state index in [2.05, 4.69) is 29.9 Å². The highest BCUT2D eigenvalue weighted by Gasteiger charge is 2.22. The summed E-state index contributed by atoms with van der Waals surface area (Å²) in [5.41, 5.74) is 0. The molecule has 0 aromatic rings. The lowest BCUT2D eigenvalue weighted by atomic mass is 10.0. The van der Waals surface area contributed by atoms with Crippen LogP contribution in [-0.4, -0.2) is 23.6 Å². The van der Waals surface area contributed by atoms with Crippen LogP contribution in [-0.2, 0) is 0 Å². The Morgan fingerprint density at radius 3 is 3.00 bits per heavy atom. The van der Waals surface area contributed by atoms with E-state index >= 15 is 0 Å². The first-order chi connectivity index (χ1) is 7.38. The van der Waals surface area contributed by atoms with Crippen LogP contribution in [0.4, 0.5) is 0 Å². The summed E-state index contributed by atoms with van der Waals surface area (Å²) >= 11 is 2.16. The Labute approximate surface area is 98.8 Å². The molecule has 86 valence electrons. The highest BCUT2D eigenvalue weighted by atomic mass is 32.2. The third-order valence-electron chi connectivity index (χ3n) is 2.97. The average molecular weight is 225 g/mol. The molecule has 2 heteroatoms. The van der Waals surface area contributed by atoms with Gasteiger partial charge in [0.1, 0.15) is 0 Å². The summed E-state index contributed by atoms with van der Waals surface area (Å²) < 4.78 is 0. The zero-order chi connectivity index (χ0) is 10.9. The number of terminal acetylenes is 1. The molecule has 0 aliphatic carbocycles. The monoisotopic (exact) mass is 225 g/mol. The number of nitrogens with one attached hydrogen (secondary N) is 1. The molecular weight excluding hydrogens is 202 g/mol. The van der Waals surface area contributed by atoms with Gasteiger partial charge in [-0.1, -0.05) is 13.3 Å². The number of hydrogen-bond acceptors (Lipinski definition) is 2. The van der Waals surface area contributed by atoms with Gasteiger partial charge in [0.2, 0.25) is 0 Å². The van der Waals surface area contributed by atoms with Gasteiger partial charge in [0, 0.05) is 17.7 Å². The number of thioether (sulfide) groups is 1. The zero-order valence-corrected chi connectivity index (χ0v) is 10.6. The van der Waals surface area contributed by atoms with Crippen LogP contribution in [0.15, 0.2) is 0 Å². The van der Waals surface area contributed by atoms with Gasteiger partial charge in [0.15, 0.2) is 0 Å². The quantitative estimate of drug-likeness (QED) is 0.551. The maximum Gasteiger partial charge on any atom is 0.0201 e. The Morgan fingerprint density at radius 1 is 1.53 bits per heavy atom. The third-order valence-corrected chi connectivity index (χ3v) is 4.48. The molecule has 1 saturated heterocycles. The normalized spacial score (nSPS) is 23.3. The van der Waals surface area contributed by atoms with Crippen LogP contribution in [0.5, 0.6) is 0 Å². The average Bonchev–Trinajstić information content (AvgIpc) is 2.29. The van der Waals surface area contributed by atoms with Crippen LogP contribution in [0, 0.1) is 12.3 Å². The van der Waals surface area contributed by atoms with Gasteiger partial charge in [0.25, 0.3) is 0 Å². The number of hydrogen-bond donors (Lipinski definition) is 1. The van der Waals surface area contributed by atoms with Crippen molar-refractivity contribution in [3.05, 3.63) is 0 Å². The summed E-state index contributed by atoms with van der Waals surface area (Å²) in [6, 6.07) is 0.689. The molecule has 0 saturated carbocycles. The second kappa shape index (κ2) is 8.07. The highest BCUT2D eigenvalue weighted by molar-refractivity contribution is 8.00. The van der Waals surface area contributed by atoms with Crippen molar-refractivity contribution in [1.29, 1.82) is 0 Å². The fourth-order valence-electron chi connectivity index (χ4n) is 2.19. The topological polar surface area (TPSA) is 12.0 Å². The van der Waals surface area contributed by atoms with E-state index in [1.807, 2.05) is 0 Å². The fraction of sp³-hybridized carbons (Fsp3) is 0.846. The van der Waals surface area contributed by atoms with Crippen molar-refractivity contribution in [2.24, 2.45) is 0 Å². The predicted octanol–water partition coefficient (Wildman–Crippen LogP) is 3.05. The molecule has 0 spiro atoms. The van der Waals surface area contributed by atoms with Crippen LogP contribution in [0.1, 0.15) is 45.4 Å². The molecule has 1 rings (SSSR count). The third kappa shape index (κ3) is 4.95. The van der Waals surface area contributed by atoms with Gasteiger partial charge < -0.3 is 5.32 Å². The van der Waals surface area contributed by atoms with Crippen molar-refractivity contribution in [1.82, 2.24) is 5.32 Å². The van der Waals surface area contributed by atoms with E-state index in [0.29, 0.717) is 6.04 Å². The Balaban J connectivity index is 2.30. The second-order valence-electron chi connectivity index (χ2n) is 4.17. The van der Waals surface area contributed by atoms with Crippen molar-refractivity contribution in [3.63, 3.8) is 0 Å². The van der Waals surface area contributed by atoms with E-state index in [4.69, 9.17) is 6.42 Å². The van der Waals surface area contributed by atoms with Crippen molar-refractivity contribution < 1.29 is 0 Å². The van der Waals surface area contributed by atoms with Crippen LogP contribution in [0.2, 0.25) is 0 Å². The van der Waals surface area contributed by atoms with E-state index in [0.717, 1.165) is 18.2 Å². The molecule has 2 unspecified atom stereocenters. The molecule has 0 amide bonds. The Hall–Kier alpha value is -0.130. The van der Waals surface area contributed by atoms with Gasteiger partial charge in [-0.05, 0) is 38.0 Å². The summed E-state index contributed by atoms with van der Waals surface area (Å²) in [6.45, 7) is 3.28. The molecule has 1 aliphatic rings. The molecule has 1 heterocycles. The first-order valence-electron chi connectivity index (χ1n) is 6.17. The first-order valence-corrected chi connectivity index (χ1v) is 7.21. The molecule has 15 heavy (non-hydrogen) atoms. The molecule has 0 aromatic carbocycles. The fourth-order valence-corrected chi connectivity index (χ4v) is 3.66. The van der Waals surface area contributed by atoms with Crippen molar-refractivity contribution in [3.8, 4) is 12.3 Å². The molecule has 0 bridgehead atoms. The lowest BCUT2D eigenvalue weighted by Gasteiger charge is -2.30. The standard InChI is InChI=1S/C13H23NS/c1-3-5-6-9-12(14-4-2)13-10-7-8-11-15-13/h1,12-14H,4-11H2,2H3. The molecule has 2 atom stereocenters. The van der Waals surface area contributed by atoms with E-state index in [-0.39, 0.29) is 0 Å².